The number of hydrogen-bond acceptors (Lipinski definition) is 3. The highest BCUT2D eigenvalue weighted by Crippen LogP contribution is 2.28. The van der Waals surface area contributed by atoms with Crippen molar-refractivity contribution in [3.8, 4) is 0 Å². The second-order valence-corrected chi connectivity index (χ2v) is 5.65. The Balaban J connectivity index is 2.31. The summed E-state index contributed by atoms with van der Waals surface area (Å²) in [5.41, 5.74) is 0. The fourth-order valence-corrected chi connectivity index (χ4v) is 2.49. The molecule has 0 radical (unpaired) electrons. The Hall–Kier alpha value is 0.0700. The van der Waals surface area contributed by atoms with Crippen molar-refractivity contribution in [1.29, 1.82) is 0 Å². The van der Waals surface area contributed by atoms with Gasteiger partial charge in [0, 0.05) is 17.2 Å². The van der Waals surface area contributed by atoms with E-state index in [2.05, 4.69) is 12.2 Å². The van der Waals surface area contributed by atoms with Crippen LogP contribution in [0.5, 0.6) is 0 Å². The van der Waals surface area contributed by atoms with Gasteiger partial charge in [0.2, 0.25) is 0 Å². The Morgan fingerprint density at radius 3 is 2.76 bits per heavy atom. The molecular weight excluding hydrogens is 277 g/mol. The van der Waals surface area contributed by atoms with Crippen LogP contribution in [0, 0.1) is 0 Å². The maximum Gasteiger partial charge on any atom is 0.0758 e. The van der Waals surface area contributed by atoms with Crippen LogP contribution in [-0.4, -0.2) is 30.1 Å². The van der Waals surface area contributed by atoms with Crippen LogP contribution in [-0.2, 0) is 0 Å². The average molecular weight is 294 g/mol. The van der Waals surface area contributed by atoms with Crippen LogP contribution >= 0.6 is 35.0 Å². The van der Waals surface area contributed by atoms with Crippen LogP contribution in [0.2, 0.25) is 10.0 Å². The van der Waals surface area contributed by atoms with E-state index in [0.29, 0.717) is 22.3 Å². The first kappa shape index (κ1) is 15.1. The number of thioether (sulfide) groups is 1. The average Bonchev–Trinajstić information content (AvgIpc) is 2.31. The Kier molecular flexibility index (Phi) is 7.32. The number of nitrogens with one attached hydrogen (secondary N) is 1. The van der Waals surface area contributed by atoms with Crippen LogP contribution < -0.4 is 5.32 Å². The van der Waals surface area contributed by atoms with Crippen LogP contribution in [0.1, 0.15) is 13.3 Å². The molecule has 0 saturated carbocycles. The van der Waals surface area contributed by atoms with E-state index in [0.717, 1.165) is 17.9 Å². The van der Waals surface area contributed by atoms with Gasteiger partial charge in [-0.1, -0.05) is 30.1 Å². The molecule has 1 atom stereocenters. The monoisotopic (exact) mass is 293 g/mol. The highest BCUT2D eigenvalue weighted by molar-refractivity contribution is 7.99. The Morgan fingerprint density at radius 2 is 2.12 bits per heavy atom. The molecule has 96 valence electrons. The molecule has 1 aromatic carbocycles. The first-order valence-electron chi connectivity index (χ1n) is 5.60. The minimum atomic E-state index is -0.346. The molecule has 5 heteroatoms. The number of rotatable bonds is 7. The first-order valence-corrected chi connectivity index (χ1v) is 7.34. The number of benzene rings is 1. The van der Waals surface area contributed by atoms with E-state index < -0.39 is 0 Å². The maximum absolute atomic E-state index is 9.72. The van der Waals surface area contributed by atoms with Crippen molar-refractivity contribution >= 4 is 35.0 Å². The fourth-order valence-electron chi connectivity index (χ4n) is 1.26. The summed E-state index contributed by atoms with van der Waals surface area (Å²) in [6, 6.07) is 5.50. The van der Waals surface area contributed by atoms with Crippen LogP contribution in [0.25, 0.3) is 0 Å². The lowest BCUT2D eigenvalue weighted by molar-refractivity contribution is 0.196. The molecule has 17 heavy (non-hydrogen) atoms. The third-order valence-corrected chi connectivity index (χ3v) is 4.02. The summed E-state index contributed by atoms with van der Waals surface area (Å²) in [6.07, 6.45) is 0.730. The predicted octanol–water partition coefficient (Wildman–Crippen LogP) is 3.45. The van der Waals surface area contributed by atoms with Gasteiger partial charge in [-0.2, -0.15) is 0 Å². The number of halogens is 2. The van der Waals surface area contributed by atoms with E-state index in [9.17, 15) is 5.11 Å². The van der Waals surface area contributed by atoms with E-state index in [-0.39, 0.29) is 6.10 Å². The Bertz CT molecular complexity index is 349. The molecule has 2 nitrogen and oxygen atoms in total. The number of aliphatic hydroxyl groups is 1. The van der Waals surface area contributed by atoms with Crippen LogP contribution in [0.15, 0.2) is 23.1 Å². The second-order valence-electron chi connectivity index (χ2n) is 3.74. The van der Waals surface area contributed by atoms with Crippen molar-refractivity contribution in [1.82, 2.24) is 5.32 Å². The van der Waals surface area contributed by atoms with Crippen molar-refractivity contribution in [3.05, 3.63) is 28.2 Å². The summed E-state index contributed by atoms with van der Waals surface area (Å²) in [5, 5.41) is 14.0. The summed E-state index contributed by atoms with van der Waals surface area (Å²) in [5.74, 6) is 0.647. The summed E-state index contributed by atoms with van der Waals surface area (Å²) in [4.78, 5) is 1.02. The molecule has 0 saturated heterocycles. The zero-order valence-electron chi connectivity index (χ0n) is 9.75. The van der Waals surface area contributed by atoms with Gasteiger partial charge >= 0.3 is 0 Å². The van der Waals surface area contributed by atoms with E-state index >= 15 is 0 Å². The summed E-state index contributed by atoms with van der Waals surface area (Å²) < 4.78 is 0. The first-order chi connectivity index (χ1) is 8.13. The molecule has 0 heterocycles. The fraction of sp³-hybridized carbons (Fsp3) is 0.500. The van der Waals surface area contributed by atoms with Crippen LogP contribution in [0.3, 0.4) is 0 Å². The molecule has 0 aliphatic rings. The second kappa shape index (κ2) is 8.22. The molecule has 0 bridgehead atoms. The summed E-state index contributed by atoms with van der Waals surface area (Å²) in [7, 11) is 0. The van der Waals surface area contributed by atoms with E-state index in [1.54, 1.807) is 17.8 Å². The summed E-state index contributed by atoms with van der Waals surface area (Å²) >= 11 is 13.3. The molecule has 1 aromatic rings. The van der Waals surface area contributed by atoms with Crippen molar-refractivity contribution in [2.24, 2.45) is 0 Å². The zero-order chi connectivity index (χ0) is 12.7. The highest BCUT2D eigenvalue weighted by atomic mass is 35.5. The third kappa shape index (κ3) is 5.98. The standard InChI is InChI=1S/C12H17Cl2NOS/c1-2-5-15-7-9(16)8-17-10-3-4-11(13)12(14)6-10/h3-4,6,9,15-16H,2,5,7-8H2,1H3. The normalized spacial score (nSPS) is 12.7. The van der Waals surface area contributed by atoms with Gasteiger partial charge in [0.1, 0.15) is 0 Å². The van der Waals surface area contributed by atoms with Gasteiger partial charge in [0.25, 0.3) is 0 Å². The lowest BCUT2D eigenvalue weighted by Crippen LogP contribution is -2.28. The lowest BCUT2D eigenvalue weighted by atomic mass is 10.4. The van der Waals surface area contributed by atoms with E-state index in [4.69, 9.17) is 23.2 Å². The SMILES string of the molecule is CCCNCC(O)CSc1ccc(Cl)c(Cl)c1. The van der Waals surface area contributed by atoms with Gasteiger partial charge in [-0.25, -0.2) is 0 Å². The number of hydrogen-bond donors (Lipinski definition) is 2. The van der Waals surface area contributed by atoms with Gasteiger partial charge < -0.3 is 10.4 Å². The van der Waals surface area contributed by atoms with Crippen molar-refractivity contribution in [3.63, 3.8) is 0 Å². The molecule has 2 N–H and O–H groups in total. The minimum Gasteiger partial charge on any atom is -0.391 e. The molecule has 0 fully saturated rings. The number of aliphatic hydroxyl groups excluding tert-OH is 1. The Labute approximate surface area is 117 Å². The van der Waals surface area contributed by atoms with Crippen LogP contribution in [0.4, 0.5) is 0 Å². The van der Waals surface area contributed by atoms with Crippen molar-refractivity contribution < 1.29 is 5.11 Å². The van der Waals surface area contributed by atoms with Gasteiger partial charge in [0.05, 0.1) is 16.1 Å². The molecule has 1 rings (SSSR count). The van der Waals surface area contributed by atoms with Gasteiger partial charge in [0.15, 0.2) is 0 Å². The molecule has 0 aliphatic heterocycles. The Morgan fingerprint density at radius 1 is 1.35 bits per heavy atom. The molecule has 0 aliphatic carbocycles. The maximum atomic E-state index is 9.72. The zero-order valence-corrected chi connectivity index (χ0v) is 12.1. The minimum absolute atomic E-state index is 0.346. The topological polar surface area (TPSA) is 32.3 Å². The molecule has 1 unspecified atom stereocenters. The van der Waals surface area contributed by atoms with Gasteiger partial charge in [-0.05, 0) is 31.2 Å². The largest absolute Gasteiger partial charge is 0.391 e. The molecular formula is C12H17Cl2NOS. The smallest absolute Gasteiger partial charge is 0.0758 e. The molecule has 0 spiro atoms. The van der Waals surface area contributed by atoms with Crippen molar-refractivity contribution in [2.45, 2.75) is 24.3 Å². The quantitative estimate of drug-likeness (QED) is 0.597. The molecule has 0 amide bonds. The van der Waals surface area contributed by atoms with E-state index in [1.165, 1.54) is 0 Å². The molecule has 0 aromatic heterocycles. The van der Waals surface area contributed by atoms with E-state index in [1.807, 2.05) is 12.1 Å². The summed E-state index contributed by atoms with van der Waals surface area (Å²) in [6.45, 7) is 3.67. The third-order valence-electron chi connectivity index (χ3n) is 2.14. The highest BCUT2D eigenvalue weighted by Gasteiger charge is 2.05. The van der Waals surface area contributed by atoms with Crippen molar-refractivity contribution in [2.75, 3.05) is 18.8 Å². The van der Waals surface area contributed by atoms with Gasteiger partial charge in [-0.3, -0.25) is 0 Å². The van der Waals surface area contributed by atoms with Gasteiger partial charge in [-0.15, -0.1) is 11.8 Å². The predicted molar refractivity (Wildman–Crippen MR) is 76.4 cm³/mol. The lowest BCUT2D eigenvalue weighted by Gasteiger charge is -2.11.